The van der Waals surface area contributed by atoms with Gasteiger partial charge >= 0.3 is 5.97 Å². The number of carbonyl (C=O) groups excluding carboxylic acids is 1. The Hall–Kier alpha value is -1.29. The van der Waals surface area contributed by atoms with Crippen molar-refractivity contribution in [3.05, 3.63) is 24.2 Å². The zero-order chi connectivity index (χ0) is 10.5. The maximum atomic E-state index is 11.4. The smallest absolute Gasteiger partial charge is 0.374 e. The zero-order valence-corrected chi connectivity index (χ0v) is 8.57. The predicted octanol–water partition coefficient (Wildman–Crippen LogP) is 1.44. The van der Waals surface area contributed by atoms with E-state index in [1.54, 1.807) is 12.1 Å². The Morgan fingerprint density at radius 1 is 1.67 bits per heavy atom. The van der Waals surface area contributed by atoms with Crippen LogP contribution < -0.4 is 5.32 Å². The van der Waals surface area contributed by atoms with Crippen molar-refractivity contribution >= 4 is 5.97 Å². The van der Waals surface area contributed by atoms with Gasteiger partial charge in [-0.05, 0) is 31.5 Å². The molecule has 1 saturated heterocycles. The summed E-state index contributed by atoms with van der Waals surface area (Å²) in [5.41, 5.74) is 0. The molecule has 0 aliphatic carbocycles. The molecule has 4 heteroatoms. The minimum absolute atomic E-state index is 0.277. The monoisotopic (exact) mass is 209 g/mol. The number of hydrogen-bond acceptors (Lipinski definition) is 4. The van der Waals surface area contributed by atoms with E-state index in [0.717, 1.165) is 25.9 Å². The van der Waals surface area contributed by atoms with Gasteiger partial charge in [-0.2, -0.15) is 0 Å². The second-order valence-electron chi connectivity index (χ2n) is 3.79. The van der Waals surface area contributed by atoms with E-state index >= 15 is 0 Å². The van der Waals surface area contributed by atoms with Crippen LogP contribution in [-0.4, -0.2) is 25.7 Å². The van der Waals surface area contributed by atoms with Gasteiger partial charge in [0.15, 0.2) is 0 Å². The van der Waals surface area contributed by atoms with E-state index in [0.29, 0.717) is 12.5 Å². The lowest BCUT2D eigenvalue weighted by molar-refractivity contribution is 0.0385. The molecule has 0 unspecified atom stereocenters. The van der Waals surface area contributed by atoms with Gasteiger partial charge in [0.05, 0.1) is 12.9 Å². The second kappa shape index (κ2) is 4.98. The van der Waals surface area contributed by atoms with Crippen molar-refractivity contribution in [2.75, 3.05) is 19.7 Å². The Bertz CT molecular complexity index is 302. The first-order valence-electron chi connectivity index (χ1n) is 5.27. The number of esters is 1. The van der Waals surface area contributed by atoms with E-state index in [9.17, 15) is 4.79 Å². The van der Waals surface area contributed by atoms with Gasteiger partial charge in [0.2, 0.25) is 5.76 Å². The number of carbonyl (C=O) groups is 1. The summed E-state index contributed by atoms with van der Waals surface area (Å²) in [5.74, 6) is 0.349. The van der Waals surface area contributed by atoms with Gasteiger partial charge in [0, 0.05) is 12.5 Å². The van der Waals surface area contributed by atoms with Crippen molar-refractivity contribution in [2.45, 2.75) is 12.8 Å². The van der Waals surface area contributed by atoms with Gasteiger partial charge in [-0.15, -0.1) is 0 Å². The predicted molar refractivity (Wildman–Crippen MR) is 54.6 cm³/mol. The number of piperidine rings is 1. The molecule has 1 aromatic heterocycles. The van der Waals surface area contributed by atoms with Crippen LogP contribution in [0.5, 0.6) is 0 Å². The zero-order valence-electron chi connectivity index (χ0n) is 8.57. The highest BCUT2D eigenvalue weighted by Crippen LogP contribution is 2.11. The van der Waals surface area contributed by atoms with Crippen LogP contribution in [0.15, 0.2) is 22.8 Å². The first-order valence-corrected chi connectivity index (χ1v) is 5.27. The molecular weight excluding hydrogens is 194 g/mol. The molecule has 0 saturated carbocycles. The Kier molecular flexibility index (Phi) is 3.40. The molecule has 1 N–H and O–H groups in total. The van der Waals surface area contributed by atoms with E-state index in [-0.39, 0.29) is 11.7 Å². The lowest BCUT2D eigenvalue weighted by atomic mass is 10.0. The van der Waals surface area contributed by atoms with E-state index in [2.05, 4.69) is 5.32 Å². The van der Waals surface area contributed by atoms with Crippen molar-refractivity contribution < 1.29 is 13.9 Å². The Morgan fingerprint density at radius 2 is 2.60 bits per heavy atom. The maximum Gasteiger partial charge on any atom is 0.374 e. The van der Waals surface area contributed by atoms with Gasteiger partial charge in [0.25, 0.3) is 0 Å². The Balaban J connectivity index is 1.75. The molecule has 2 heterocycles. The number of furan rings is 1. The van der Waals surface area contributed by atoms with Crippen LogP contribution in [0.4, 0.5) is 0 Å². The average molecular weight is 209 g/mol. The van der Waals surface area contributed by atoms with E-state index in [1.807, 2.05) is 0 Å². The van der Waals surface area contributed by atoms with Crippen molar-refractivity contribution in [1.82, 2.24) is 5.32 Å². The molecule has 1 atom stereocenters. The summed E-state index contributed by atoms with van der Waals surface area (Å²) in [7, 11) is 0. The van der Waals surface area contributed by atoms with Crippen molar-refractivity contribution in [3.63, 3.8) is 0 Å². The highest BCUT2D eigenvalue weighted by atomic mass is 16.5. The van der Waals surface area contributed by atoms with Crippen LogP contribution in [-0.2, 0) is 4.74 Å². The van der Waals surface area contributed by atoms with Crippen molar-refractivity contribution in [2.24, 2.45) is 5.92 Å². The number of rotatable bonds is 3. The molecule has 82 valence electrons. The van der Waals surface area contributed by atoms with Crippen LogP contribution in [0.1, 0.15) is 23.4 Å². The topological polar surface area (TPSA) is 51.5 Å². The standard InChI is InChI=1S/C11H15NO3/c13-11(10-4-2-6-14-10)15-8-9-3-1-5-12-7-9/h2,4,6,9,12H,1,3,5,7-8H2/t9-/m0/s1. The lowest BCUT2D eigenvalue weighted by Gasteiger charge is -2.21. The van der Waals surface area contributed by atoms with Gasteiger partial charge in [-0.1, -0.05) is 0 Å². The van der Waals surface area contributed by atoms with Crippen molar-refractivity contribution in [1.29, 1.82) is 0 Å². The second-order valence-corrected chi connectivity index (χ2v) is 3.79. The Morgan fingerprint density at radius 3 is 3.27 bits per heavy atom. The summed E-state index contributed by atoms with van der Waals surface area (Å²) >= 11 is 0. The molecule has 15 heavy (non-hydrogen) atoms. The molecule has 1 aliphatic rings. The molecule has 0 radical (unpaired) electrons. The van der Waals surface area contributed by atoms with Crippen LogP contribution in [0.25, 0.3) is 0 Å². The summed E-state index contributed by atoms with van der Waals surface area (Å²) in [6.45, 7) is 2.49. The van der Waals surface area contributed by atoms with Crippen LogP contribution >= 0.6 is 0 Å². The van der Waals surface area contributed by atoms with Crippen LogP contribution in [0, 0.1) is 5.92 Å². The maximum absolute atomic E-state index is 11.4. The Labute approximate surface area is 88.6 Å². The summed E-state index contributed by atoms with van der Waals surface area (Å²) in [4.78, 5) is 11.4. The third-order valence-electron chi connectivity index (χ3n) is 2.57. The number of ether oxygens (including phenoxy) is 1. The SMILES string of the molecule is O=C(OC[C@H]1CCCNC1)c1ccco1. The first-order chi connectivity index (χ1) is 7.36. The molecule has 0 bridgehead atoms. The molecule has 1 fully saturated rings. The molecule has 0 amide bonds. The highest BCUT2D eigenvalue weighted by Gasteiger charge is 2.16. The third-order valence-corrected chi connectivity index (χ3v) is 2.57. The number of nitrogens with one attached hydrogen (secondary N) is 1. The van der Waals surface area contributed by atoms with Gasteiger partial charge in [-0.25, -0.2) is 4.79 Å². The molecule has 1 aliphatic heterocycles. The van der Waals surface area contributed by atoms with E-state index < -0.39 is 0 Å². The number of hydrogen-bond donors (Lipinski definition) is 1. The van der Waals surface area contributed by atoms with Crippen molar-refractivity contribution in [3.8, 4) is 0 Å². The van der Waals surface area contributed by atoms with Gasteiger partial charge in [-0.3, -0.25) is 0 Å². The summed E-state index contributed by atoms with van der Waals surface area (Å²) < 4.78 is 10.1. The van der Waals surface area contributed by atoms with Crippen LogP contribution in [0.2, 0.25) is 0 Å². The van der Waals surface area contributed by atoms with Gasteiger partial charge in [0.1, 0.15) is 0 Å². The first kappa shape index (κ1) is 10.2. The molecule has 0 aromatic carbocycles. The highest BCUT2D eigenvalue weighted by molar-refractivity contribution is 5.86. The summed E-state index contributed by atoms with van der Waals surface area (Å²) in [5, 5.41) is 3.28. The van der Waals surface area contributed by atoms with Crippen LogP contribution in [0.3, 0.4) is 0 Å². The van der Waals surface area contributed by atoms with E-state index in [4.69, 9.17) is 9.15 Å². The summed E-state index contributed by atoms with van der Waals surface area (Å²) in [6, 6.07) is 3.29. The molecule has 0 spiro atoms. The molecule has 2 rings (SSSR count). The third kappa shape index (κ3) is 2.83. The lowest BCUT2D eigenvalue weighted by Crippen LogP contribution is -2.32. The summed E-state index contributed by atoms with van der Waals surface area (Å²) in [6.07, 6.45) is 3.75. The fourth-order valence-corrected chi connectivity index (χ4v) is 1.73. The minimum Gasteiger partial charge on any atom is -0.459 e. The average Bonchev–Trinajstić information content (AvgIpc) is 2.81. The quantitative estimate of drug-likeness (QED) is 0.765. The normalized spacial score (nSPS) is 21.2. The fraction of sp³-hybridized carbons (Fsp3) is 0.545. The minimum atomic E-state index is -0.370. The largest absolute Gasteiger partial charge is 0.459 e. The van der Waals surface area contributed by atoms with E-state index in [1.165, 1.54) is 6.26 Å². The molecule has 4 nitrogen and oxygen atoms in total. The molecular formula is C11H15NO3. The fourth-order valence-electron chi connectivity index (χ4n) is 1.73. The molecule has 1 aromatic rings. The van der Waals surface area contributed by atoms with Gasteiger partial charge < -0.3 is 14.5 Å².